The summed E-state index contributed by atoms with van der Waals surface area (Å²) in [5.41, 5.74) is -2.59. The van der Waals surface area contributed by atoms with Crippen LogP contribution in [0.3, 0.4) is 0 Å². The summed E-state index contributed by atoms with van der Waals surface area (Å²) in [7, 11) is 0. The van der Waals surface area contributed by atoms with Gasteiger partial charge < -0.3 is 24.1 Å². The Kier molecular flexibility index (Phi) is 8.50. The summed E-state index contributed by atoms with van der Waals surface area (Å²) >= 11 is 7.47. The number of carbonyl (C=O) groups excluding carboxylic acids is 4. The topological polar surface area (TPSA) is 125 Å². The summed E-state index contributed by atoms with van der Waals surface area (Å²) in [6, 6.07) is 0. The van der Waals surface area contributed by atoms with Gasteiger partial charge in [-0.05, 0) is 68.4 Å². The zero-order valence-corrected chi connectivity index (χ0v) is 24.8. The second kappa shape index (κ2) is 11.1. The van der Waals surface area contributed by atoms with Gasteiger partial charge in [-0.3, -0.25) is 9.59 Å². The minimum Gasteiger partial charge on any atom is -0.434 e. The van der Waals surface area contributed by atoms with Crippen LogP contribution in [0, 0.1) is 28.6 Å². The molecule has 40 heavy (non-hydrogen) atoms. The Morgan fingerprint density at radius 3 is 2.50 bits per heavy atom. The van der Waals surface area contributed by atoms with E-state index in [1.807, 2.05) is 34.6 Å². The SMILES string of the molecule is CCCOC(=O)O[C@]1(C(=O)COC(=O)OCC(C)C)CC[C@H]2[C@@H]3CCC4=CC(=O)C=C[C@]4(C)[C@@]3(Cl)C(O)C[C@@]21C. The first-order valence-corrected chi connectivity index (χ1v) is 14.6. The Bertz CT molecular complexity index is 1110. The van der Waals surface area contributed by atoms with Crippen LogP contribution in [0.2, 0.25) is 0 Å². The highest BCUT2D eigenvalue weighted by Crippen LogP contribution is 2.71. The van der Waals surface area contributed by atoms with Crippen LogP contribution in [0.15, 0.2) is 23.8 Å². The van der Waals surface area contributed by atoms with Crippen LogP contribution < -0.4 is 0 Å². The zero-order chi connectivity index (χ0) is 29.5. The summed E-state index contributed by atoms with van der Waals surface area (Å²) in [5.74, 6) is -1.05. The third-order valence-corrected chi connectivity index (χ3v) is 10.7. The van der Waals surface area contributed by atoms with Gasteiger partial charge in [-0.2, -0.15) is 0 Å². The molecule has 0 aliphatic heterocycles. The fraction of sp³-hybridized carbons (Fsp3) is 0.733. The molecule has 0 amide bonds. The van der Waals surface area contributed by atoms with Crippen LogP contribution in [-0.2, 0) is 28.5 Å². The molecule has 3 fully saturated rings. The van der Waals surface area contributed by atoms with Crippen LogP contribution in [0.1, 0.15) is 73.1 Å². The Balaban J connectivity index is 1.67. The molecule has 7 atom stereocenters. The predicted octanol–water partition coefficient (Wildman–Crippen LogP) is 5.31. The van der Waals surface area contributed by atoms with Crippen molar-refractivity contribution >= 4 is 35.5 Å². The molecule has 0 aromatic carbocycles. The summed E-state index contributed by atoms with van der Waals surface area (Å²) in [6.45, 7) is 9.00. The van der Waals surface area contributed by atoms with Crippen molar-refractivity contribution in [2.45, 2.75) is 89.7 Å². The van der Waals surface area contributed by atoms with Crippen LogP contribution in [0.4, 0.5) is 9.59 Å². The number of alkyl halides is 1. The van der Waals surface area contributed by atoms with E-state index in [0.717, 1.165) is 5.57 Å². The molecular weight excluding hydrogens is 540 g/mol. The van der Waals surface area contributed by atoms with E-state index in [9.17, 15) is 24.3 Å². The molecule has 0 radical (unpaired) electrons. The lowest BCUT2D eigenvalue weighted by Crippen LogP contribution is -2.69. The number of halogens is 1. The maximum absolute atomic E-state index is 13.9. The number of ketones is 2. The van der Waals surface area contributed by atoms with Gasteiger partial charge in [0, 0.05) is 10.8 Å². The maximum atomic E-state index is 13.9. The minimum absolute atomic E-state index is 0.0624. The Hall–Kier alpha value is -2.39. The first-order valence-electron chi connectivity index (χ1n) is 14.2. The van der Waals surface area contributed by atoms with Crippen molar-refractivity contribution in [3.05, 3.63) is 23.8 Å². The van der Waals surface area contributed by atoms with Gasteiger partial charge in [0.1, 0.15) is 0 Å². The van der Waals surface area contributed by atoms with E-state index in [-0.39, 0.29) is 49.6 Å². The van der Waals surface area contributed by atoms with Gasteiger partial charge >= 0.3 is 12.3 Å². The molecule has 4 aliphatic rings. The molecule has 0 spiro atoms. The molecule has 222 valence electrons. The van der Waals surface area contributed by atoms with Crippen LogP contribution in [0.5, 0.6) is 0 Å². The molecule has 0 heterocycles. The fourth-order valence-corrected chi connectivity index (χ4v) is 8.28. The number of aliphatic hydroxyl groups excluding tert-OH is 1. The van der Waals surface area contributed by atoms with Gasteiger partial charge in [0.05, 0.1) is 24.2 Å². The van der Waals surface area contributed by atoms with Crippen molar-refractivity contribution in [2.24, 2.45) is 28.6 Å². The zero-order valence-electron chi connectivity index (χ0n) is 24.0. The van der Waals surface area contributed by atoms with Crippen molar-refractivity contribution in [3.63, 3.8) is 0 Å². The number of fused-ring (bicyclic) bond motifs is 5. The monoisotopic (exact) mass is 580 g/mol. The lowest BCUT2D eigenvalue weighted by molar-refractivity contribution is -0.179. The first-order chi connectivity index (χ1) is 18.7. The lowest BCUT2D eigenvalue weighted by atomic mass is 9.45. The van der Waals surface area contributed by atoms with Crippen LogP contribution in [0.25, 0.3) is 0 Å². The molecule has 0 aromatic heterocycles. The Morgan fingerprint density at radius 2 is 1.82 bits per heavy atom. The summed E-state index contributed by atoms with van der Waals surface area (Å²) in [4.78, 5) is 49.9. The average Bonchev–Trinajstić information content (AvgIpc) is 3.18. The Labute approximate surface area is 240 Å². The summed E-state index contributed by atoms with van der Waals surface area (Å²) in [6.07, 6.45) is 4.40. The van der Waals surface area contributed by atoms with Gasteiger partial charge in [0.25, 0.3) is 0 Å². The molecule has 1 unspecified atom stereocenters. The molecule has 4 rings (SSSR count). The maximum Gasteiger partial charge on any atom is 0.509 e. The highest BCUT2D eigenvalue weighted by molar-refractivity contribution is 6.26. The van der Waals surface area contributed by atoms with E-state index in [4.69, 9.17) is 30.5 Å². The van der Waals surface area contributed by atoms with E-state index >= 15 is 0 Å². The second-order valence-electron chi connectivity index (χ2n) is 12.5. The van der Waals surface area contributed by atoms with Gasteiger partial charge in [-0.25, -0.2) is 9.59 Å². The normalized spacial score (nSPS) is 38.0. The van der Waals surface area contributed by atoms with Crippen LogP contribution >= 0.6 is 11.6 Å². The summed E-state index contributed by atoms with van der Waals surface area (Å²) in [5, 5.41) is 11.8. The molecular formula is C30H41ClO9. The lowest BCUT2D eigenvalue weighted by Gasteiger charge is -2.63. The predicted molar refractivity (Wildman–Crippen MR) is 146 cm³/mol. The molecule has 9 nitrogen and oxygen atoms in total. The number of Topliss-reactive ketones (excluding diaryl/α,β-unsaturated/α-hetero) is 1. The smallest absolute Gasteiger partial charge is 0.434 e. The molecule has 3 saturated carbocycles. The van der Waals surface area contributed by atoms with Gasteiger partial charge in [0.2, 0.25) is 5.78 Å². The highest BCUT2D eigenvalue weighted by Gasteiger charge is 2.74. The average molecular weight is 581 g/mol. The van der Waals surface area contributed by atoms with Gasteiger partial charge in [-0.15, -0.1) is 11.6 Å². The fourth-order valence-electron chi connectivity index (χ4n) is 7.76. The van der Waals surface area contributed by atoms with E-state index in [1.165, 1.54) is 6.08 Å². The number of ether oxygens (including phenoxy) is 4. The number of carbonyl (C=O) groups is 4. The number of hydrogen-bond donors (Lipinski definition) is 1. The number of aliphatic hydroxyl groups is 1. The number of allylic oxidation sites excluding steroid dienone is 4. The largest absolute Gasteiger partial charge is 0.509 e. The third kappa shape index (κ3) is 4.77. The Morgan fingerprint density at radius 1 is 1.10 bits per heavy atom. The van der Waals surface area contributed by atoms with Crippen LogP contribution in [-0.4, -0.2) is 65.4 Å². The van der Waals surface area contributed by atoms with E-state index < -0.39 is 52.1 Å². The van der Waals surface area contributed by atoms with E-state index in [1.54, 1.807) is 12.2 Å². The minimum atomic E-state index is -1.70. The molecule has 0 bridgehead atoms. The van der Waals surface area contributed by atoms with Crippen molar-refractivity contribution < 1.29 is 43.2 Å². The van der Waals surface area contributed by atoms with Crippen molar-refractivity contribution in [1.29, 1.82) is 0 Å². The molecule has 0 aromatic rings. The van der Waals surface area contributed by atoms with Crippen molar-refractivity contribution in [1.82, 2.24) is 0 Å². The quantitative estimate of drug-likeness (QED) is 0.300. The number of rotatable bonds is 8. The van der Waals surface area contributed by atoms with Crippen molar-refractivity contribution in [2.75, 3.05) is 19.8 Å². The molecule has 0 saturated heterocycles. The number of hydrogen-bond acceptors (Lipinski definition) is 9. The summed E-state index contributed by atoms with van der Waals surface area (Å²) < 4.78 is 21.3. The van der Waals surface area contributed by atoms with Gasteiger partial charge in [0.15, 0.2) is 18.0 Å². The first kappa shape index (κ1) is 30.6. The van der Waals surface area contributed by atoms with Crippen molar-refractivity contribution in [3.8, 4) is 0 Å². The van der Waals surface area contributed by atoms with Gasteiger partial charge in [-0.1, -0.05) is 46.3 Å². The van der Waals surface area contributed by atoms with E-state index in [2.05, 4.69) is 0 Å². The van der Waals surface area contributed by atoms with E-state index in [0.29, 0.717) is 25.7 Å². The molecule has 4 aliphatic carbocycles. The standard InChI is InChI=1S/C30H41ClO9/c1-6-13-37-26(36)40-29(24(34)17-39-25(35)38-16-18(2)3)12-10-21-22-8-7-19-14-20(32)9-11-27(19,4)30(22,31)23(33)15-28(21,29)5/h9,11,14,18,21-23,33H,6-8,10,12-13,15-17H2,1-5H3/t21-,22-,23?,27-,28-,29-,30-/m0/s1. The third-order valence-electron chi connectivity index (χ3n) is 9.75. The highest BCUT2D eigenvalue weighted by atomic mass is 35.5. The second-order valence-corrected chi connectivity index (χ2v) is 13.1. The molecule has 10 heteroatoms. The molecule has 1 N–H and O–H groups in total.